The molecule has 1 saturated heterocycles. The van der Waals surface area contributed by atoms with Crippen LogP contribution in [0.15, 0.2) is 23.4 Å². The fourth-order valence-corrected chi connectivity index (χ4v) is 3.10. The van der Waals surface area contributed by atoms with Crippen LogP contribution in [0, 0.1) is 10.1 Å². The second-order valence-electron chi connectivity index (χ2n) is 4.23. The van der Waals surface area contributed by atoms with Gasteiger partial charge in [0, 0.05) is 23.9 Å². The van der Waals surface area contributed by atoms with Crippen molar-refractivity contribution in [1.82, 2.24) is 15.3 Å². The summed E-state index contributed by atoms with van der Waals surface area (Å²) >= 11 is 1.69. The van der Waals surface area contributed by atoms with Crippen LogP contribution in [0.1, 0.15) is 6.42 Å². The highest BCUT2D eigenvalue weighted by Crippen LogP contribution is 2.27. The van der Waals surface area contributed by atoms with Crippen LogP contribution >= 0.6 is 24.2 Å². The smallest absolute Gasteiger partial charge is 0.271 e. The molecule has 0 radical (unpaired) electrons. The van der Waals surface area contributed by atoms with E-state index in [1.165, 1.54) is 12.1 Å². The van der Waals surface area contributed by atoms with Crippen molar-refractivity contribution in [2.24, 2.45) is 0 Å². The third-order valence-electron chi connectivity index (χ3n) is 2.95. The number of halogens is 1. The number of nitro benzene ring substituents is 1. The van der Waals surface area contributed by atoms with Crippen LogP contribution in [0.25, 0.3) is 11.0 Å². The molecule has 0 spiro atoms. The number of benzene rings is 1. The number of hydrogen-bond donors (Lipinski definition) is 2. The highest BCUT2D eigenvalue weighted by Gasteiger charge is 2.18. The third kappa shape index (κ3) is 2.99. The van der Waals surface area contributed by atoms with Crippen molar-refractivity contribution < 1.29 is 4.92 Å². The van der Waals surface area contributed by atoms with Gasteiger partial charge in [0.05, 0.1) is 16.0 Å². The van der Waals surface area contributed by atoms with E-state index in [0.717, 1.165) is 35.7 Å². The highest BCUT2D eigenvalue weighted by molar-refractivity contribution is 7.99. The second-order valence-corrected chi connectivity index (χ2v) is 5.52. The van der Waals surface area contributed by atoms with E-state index in [9.17, 15) is 10.1 Å². The van der Waals surface area contributed by atoms with Gasteiger partial charge in [-0.1, -0.05) is 11.8 Å². The van der Waals surface area contributed by atoms with Gasteiger partial charge in [-0.15, -0.1) is 12.4 Å². The molecule has 0 unspecified atom stereocenters. The molecule has 1 fully saturated rings. The van der Waals surface area contributed by atoms with Crippen molar-refractivity contribution in [3.63, 3.8) is 0 Å². The molecule has 2 N–H and O–H groups in total. The molecule has 3 rings (SSSR count). The Labute approximate surface area is 119 Å². The van der Waals surface area contributed by atoms with Gasteiger partial charge in [0.2, 0.25) is 0 Å². The minimum atomic E-state index is -0.395. The van der Waals surface area contributed by atoms with Gasteiger partial charge in [0.1, 0.15) is 0 Å². The van der Waals surface area contributed by atoms with Gasteiger partial charge in [-0.3, -0.25) is 10.1 Å². The lowest BCUT2D eigenvalue weighted by molar-refractivity contribution is -0.384. The number of aromatic amines is 1. The lowest BCUT2D eigenvalue weighted by Crippen LogP contribution is -2.10. The molecule has 1 aromatic carbocycles. The van der Waals surface area contributed by atoms with Crippen molar-refractivity contribution in [2.45, 2.75) is 16.8 Å². The Kier molecular flexibility index (Phi) is 4.28. The first-order chi connectivity index (χ1) is 8.72. The fourth-order valence-electron chi connectivity index (χ4n) is 2.03. The maximum Gasteiger partial charge on any atom is 0.271 e. The van der Waals surface area contributed by atoms with Crippen molar-refractivity contribution >= 4 is 40.9 Å². The average Bonchev–Trinajstić information content (AvgIpc) is 2.96. The molecular weight excluding hydrogens is 288 g/mol. The maximum atomic E-state index is 10.7. The zero-order valence-electron chi connectivity index (χ0n) is 9.96. The summed E-state index contributed by atoms with van der Waals surface area (Å²) in [6.07, 6.45) is 1.13. The van der Waals surface area contributed by atoms with Gasteiger partial charge in [-0.25, -0.2) is 4.98 Å². The zero-order chi connectivity index (χ0) is 12.5. The fraction of sp³-hybridized carbons (Fsp3) is 0.364. The molecule has 2 aromatic rings. The summed E-state index contributed by atoms with van der Waals surface area (Å²) in [6.45, 7) is 2.03. The number of fused-ring (bicyclic) bond motifs is 1. The van der Waals surface area contributed by atoms with Crippen molar-refractivity contribution in [3.05, 3.63) is 28.3 Å². The van der Waals surface area contributed by atoms with Gasteiger partial charge < -0.3 is 10.3 Å². The van der Waals surface area contributed by atoms with E-state index in [-0.39, 0.29) is 18.1 Å². The molecule has 1 aliphatic rings. The van der Waals surface area contributed by atoms with Crippen molar-refractivity contribution in [2.75, 3.05) is 13.1 Å². The van der Waals surface area contributed by atoms with Gasteiger partial charge in [0.15, 0.2) is 5.16 Å². The predicted molar refractivity (Wildman–Crippen MR) is 77.1 cm³/mol. The SMILES string of the molecule is Cl.O=[N+]([O-])c1ccc2nc(S[C@H]3CCNC3)[nH]c2c1. The number of nitro groups is 1. The molecule has 0 bridgehead atoms. The van der Waals surface area contributed by atoms with E-state index in [4.69, 9.17) is 0 Å². The Morgan fingerprint density at radius 2 is 2.32 bits per heavy atom. The summed E-state index contributed by atoms with van der Waals surface area (Å²) < 4.78 is 0. The largest absolute Gasteiger partial charge is 0.333 e. The molecule has 1 atom stereocenters. The van der Waals surface area contributed by atoms with Crippen LogP contribution in [0.4, 0.5) is 5.69 Å². The lowest BCUT2D eigenvalue weighted by Gasteiger charge is -2.03. The van der Waals surface area contributed by atoms with Crippen LogP contribution in [-0.2, 0) is 0 Å². The van der Waals surface area contributed by atoms with Crippen LogP contribution in [0.3, 0.4) is 0 Å². The first-order valence-corrected chi connectivity index (χ1v) is 6.62. The third-order valence-corrected chi connectivity index (χ3v) is 4.10. The quantitative estimate of drug-likeness (QED) is 0.671. The van der Waals surface area contributed by atoms with E-state index in [1.807, 2.05) is 0 Å². The molecule has 0 amide bonds. The normalized spacial score (nSPS) is 18.4. The number of aromatic nitrogens is 2. The molecule has 102 valence electrons. The number of non-ortho nitro benzene ring substituents is 1. The van der Waals surface area contributed by atoms with Crippen molar-refractivity contribution in [3.8, 4) is 0 Å². The molecule has 8 heteroatoms. The monoisotopic (exact) mass is 300 g/mol. The topological polar surface area (TPSA) is 83.8 Å². The summed E-state index contributed by atoms with van der Waals surface area (Å²) in [6, 6.07) is 4.69. The van der Waals surface area contributed by atoms with Crippen LogP contribution in [0.5, 0.6) is 0 Å². The standard InChI is InChI=1S/C11H12N4O2S.ClH/c16-15(17)7-1-2-9-10(5-7)14-11(13-9)18-8-3-4-12-6-8;/h1-2,5,8,12H,3-4,6H2,(H,13,14);1H/t8-;/m0./s1. The van der Waals surface area contributed by atoms with Gasteiger partial charge in [0.25, 0.3) is 5.69 Å². The predicted octanol–water partition coefficient (Wildman–Crippen LogP) is 2.35. The summed E-state index contributed by atoms with van der Waals surface area (Å²) in [5.74, 6) is 0. The van der Waals surface area contributed by atoms with Gasteiger partial charge >= 0.3 is 0 Å². The number of rotatable bonds is 3. The molecule has 2 heterocycles. The molecule has 0 saturated carbocycles. The first kappa shape index (κ1) is 14.1. The van der Waals surface area contributed by atoms with Crippen molar-refractivity contribution in [1.29, 1.82) is 0 Å². The molecule has 1 aliphatic heterocycles. The number of H-pyrrole nitrogens is 1. The highest BCUT2D eigenvalue weighted by atomic mass is 35.5. The van der Waals surface area contributed by atoms with Crippen LogP contribution < -0.4 is 5.32 Å². The van der Waals surface area contributed by atoms with E-state index in [1.54, 1.807) is 17.8 Å². The minimum absolute atomic E-state index is 0. The van der Waals surface area contributed by atoms with Gasteiger partial charge in [-0.2, -0.15) is 0 Å². The number of nitrogens with one attached hydrogen (secondary N) is 2. The summed E-state index contributed by atoms with van der Waals surface area (Å²) in [5, 5.41) is 15.3. The number of thioether (sulfide) groups is 1. The maximum absolute atomic E-state index is 10.7. The lowest BCUT2D eigenvalue weighted by atomic mass is 10.3. The molecule has 0 aliphatic carbocycles. The molecule has 1 aromatic heterocycles. The molecular formula is C11H13ClN4O2S. The Bertz CT molecular complexity index is 597. The Balaban J connectivity index is 0.00000133. The Morgan fingerprint density at radius 1 is 1.47 bits per heavy atom. The van der Waals surface area contributed by atoms with Gasteiger partial charge in [-0.05, 0) is 19.0 Å². The summed E-state index contributed by atoms with van der Waals surface area (Å²) in [5.41, 5.74) is 1.58. The first-order valence-electron chi connectivity index (χ1n) is 5.74. The van der Waals surface area contributed by atoms with E-state index >= 15 is 0 Å². The Hall–Kier alpha value is -1.31. The zero-order valence-corrected chi connectivity index (χ0v) is 11.6. The summed E-state index contributed by atoms with van der Waals surface area (Å²) in [4.78, 5) is 17.9. The molecule has 19 heavy (non-hydrogen) atoms. The van der Waals surface area contributed by atoms with E-state index < -0.39 is 4.92 Å². The van der Waals surface area contributed by atoms with Crippen LogP contribution in [0.2, 0.25) is 0 Å². The average molecular weight is 301 g/mol. The van der Waals surface area contributed by atoms with E-state index in [2.05, 4.69) is 15.3 Å². The molecule has 6 nitrogen and oxygen atoms in total. The minimum Gasteiger partial charge on any atom is -0.333 e. The number of hydrogen-bond acceptors (Lipinski definition) is 5. The second kappa shape index (κ2) is 5.77. The Morgan fingerprint density at radius 3 is 3.00 bits per heavy atom. The summed E-state index contributed by atoms with van der Waals surface area (Å²) in [7, 11) is 0. The number of nitrogens with zero attached hydrogens (tertiary/aromatic N) is 2. The van der Waals surface area contributed by atoms with E-state index in [0.29, 0.717) is 5.25 Å². The van der Waals surface area contributed by atoms with Crippen LogP contribution in [-0.4, -0.2) is 33.2 Å². The number of imidazole rings is 1.